The Bertz CT molecular complexity index is 874. The smallest absolute Gasteiger partial charge is 0.211 e. The molecule has 1 saturated heterocycles. The fourth-order valence-electron chi connectivity index (χ4n) is 3.08. The predicted molar refractivity (Wildman–Crippen MR) is 94.7 cm³/mol. The molecule has 0 unspecified atom stereocenters. The molecule has 1 aliphatic heterocycles. The number of nitrogens with zero attached hydrogens (tertiary/aromatic N) is 4. The first-order valence-corrected chi connectivity index (χ1v) is 9.25. The summed E-state index contributed by atoms with van der Waals surface area (Å²) in [5.74, 6) is 1.72. The van der Waals surface area contributed by atoms with Crippen molar-refractivity contribution in [2.24, 2.45) is 7.05 Å². The third kappa shape index (κ3) is 2.82. The topological polar surface area (TPSA) is 62.1 Å². The summed E-state index contributed by atoms with van der Waals surface area (Å²) in [7, 11) is 2.01. The van der Waals surface area contributed by atoms with Gasteiger partial charge in [0.25, 0.3) is 0 Å². The van der Waals surface area contributed by atoms with Crippen LogP contribution in [0.4, 0.5) is 0 Å². The van der Waals surface area contributed by atoms with Crippen LogP contribution in [0.5, 0.6) is 5.75 Å². The van der Waals surface area contributed by atoms with Crippen molar-refractivity contribution >= 4 is 33.8 Å². The van der Waals surface area contributed by atoms with Gasteiger partial charge in [0.2, 0.25) is 5.16 Å². The minimum absolute atomic E-state index is 0.315. The van der Waals surface area contributed by atoms with Gasteiger partial charge in [-0.25, -0.2) is 4.98 Å². The second-order valence-corrected chi connectivity index (χ2v) is 6.87. The monoisotopic (exact) mass is 344 g/mol. The van der Waals surface area contributed by atoms with E-state index in [-0.39, 0.29) is 0 Å². The Balaban J connectivity index is 1.68. The molecule has 0 amide bonds. The molecular weight excluding hydrogens is 324 g/mol. The van der Waals surface area contributed by atoms with Gasteiger partial charge >= 0.3 is 0 Å². The minimum Gasteiger partial charge on any atom is -0.494 e. The molecule has 126 valence electrons. The van der Waals surface area contributed by atoms with Crippen LogP contribution in [-0.4, -0.2) is 44.8 Å². The quantitative estimate of drug-likeness (QED) is 0.663. The lowest BCUT2D eigenvalue weighted by Crippen LogP contribution is -2.08. The van der Waals surface area contributed by atoms with Crippen LogP contribution in [0.3, 0.4) is 0 Å². The number of benzene rings is 1. The molecule has 24 heavy (non-hydrogen) atoms. The highest BCUT2D eigenvalue weighted by Gasteiger charge is 2.18. The van der Waals surface area contributed by atoms with Crippen molar-refractivity contribution in [1.82, 2.24) is 19.7 Å². The van der Waals surface area contributed by atoms with Gasteiger partial charge in [0, 0.05) is 24.8 Å². The summed E-state index contributed by atoms with van der Waals surface area (Å²) in [5.41, 5.74) is 2.75. The number of hydrogen-bond acceptors (Lipinski definition) is 6. The lowest BCUT2D eigenvalue weighted by Gasteiger charge is -2.07. The van der Waals surface area contributed by atoms with Crippen molar-refractivity contribution in [3.05, 3.63) is 18.2 Å². The van der Waals surface area contributed by atoms with Gasteiger partial charge < -0.3 is 14.0 Å². The summed E-state index contributed by atoms with van der Waals surface area (Å²) >= 11 is 1.61. The average molecular weight is 344 g/mol. The van der Waals surface area contributed by atoms with E-state index in [4.69, 9.17) is 14.5 Å². The molecule has 1 atom stereocenters. The lowest BCUT2D eigenvalue weighted by molar-refractivity contribution is 0.129. The van der Waals surface area contributed by atoms with E-state index in [1.165, 1.54) is 0 Å². The molecule has 0 radical (unpaired) electrons. The van der Waals surface area contributed by atoms with Crippen LogP contribution < -0.4 is 4.74 Å². The maximum atomic E-state index is 5.65. The van der Waals surface area contributed by atoms with Crippen LogP contribution in [0.15, 0.2) is 23.4 Å². The standard InChI is InChI=1S/C17H20N4O2S/c1-3-22-11-6-7-14-13(9-11)15-16(21(14)2)18-17(20-19-15)24-10-12-5-4-8-23-12/h6-7,9,12H,3-5,8,10H2,1-2H3/t12-/m1/s1. The van der Waals surface area contributed by atoms with Crippen LogP contribution in [0.1, 0.15) is 19.8 Å². The van der Waals surface area contributed by atoms with Crippen LogP contribution in [0.2, 0.25) is 0 Å². The van der Waals surface area contributed by atoms with Crippen molar-refractivity contribution in [2.45, 2.75) is 31.0 Å². The summed E-state index contributed by atoms with van der Waals surface area (Å²) in [6.45, 7) is 3.49. The Kier molecular flexibility index (Phi) is 4.28. The van der Waals surface area contributed by atoms with E-state index in [2.05, 4.69) is 14.8 Å². The second kappa shape index (κ2) is 6.57. The number of ether oxygens (including phenoxy) is 2. The molecule has 0 spiro atoms. The van der Waals surface area contributed by atoms with Gasteiger partial charge in [-0.05, 0) is 38.0 Å². The minimum atomic E-state index is 0.315. The van der Waals surface area contributed by atoms with Gasteiger partial charge in [0.05, 0.1) is 18.2 Å². The van der Waals surface area contributed by atoms with Crippen molar-refractivity contribution in [2.75, 3.05) is 19.0 Å². The zero-order chi connectivity index (χ0) is 16.5. The zero-order valence-corrected chi connectivity index (χ0v) is 14.7. The van der Waals surface area contributed by atoms with E-state index in [1.807, 2.05) is 32.2 Å². The average Bonchev–Trinajstić information content (AvgIpc) is 3.21. The molecule has 0 bridgehead atoms. The maximum Gasteiger partial charge on any atom is 0.211 e. The van der Waals surface area contributed by atoms with Gasteiger partial charge in [-0.1, -0.05) is 11.8 Å². The normalized spacial score (nSPS) is 17.8. The second-order valence-electron chi connectivity index (χ2n) is 5.88. The summed E-state index contributed by atoms with van der Waals surface area (Å²) in [6, 6.07) is 6.03. The first kappa shape index (κ1) is 15.7. The third-order valence-corrected chi connectivity index (χ3v) is 5.25. The van der Waals surface area contributed by atoms with Crippen molar-refractivity contribution < 1.29 is 9.47 Å². The fraction of sp³-hybridized carbons (Fsp3) is 0.471. The highest BCUT2D eigenvalue weighted by molar-refractivity contribution is 7.99. The molecule has 0 N–H and O–H groups in total. The molecular formula is C17H20N4O2S. The van der Waals surface area contributed by atoms with E-state index in [9.17, 15) is 0 Å². The molecule has 3 heterocycles. The molecule has 4 rings (SSSR count). The molecule has 1 fully saturated rings. The molecule has 1 aromatic carbocycles. The van der Waals surface area contributed by atoms with E-state index in [0.717, 1.165) is 53.0 Å². The third-order valence-electron chi connectivity index (χ3n) is 4.28. The van der Waals surface area contributed by atoms with Crippen molar-refractivity contribution in [3.8, 4) is 5.75 Å². The molecule has 0 saturated carbocycles. The van der Waals surface area contributed by atoms with E-state index in [0.29, 0.717) is 17.9 Å². The molecule has 0 aliphatic carbocycles. The molecule has 1 aliphatic rings. The van der Waals surface area contributed by atoms with Crippen molar-refractivity contribution in [1.29, 1.82) is 0 Å². The number of thioether (sulfide) groups is 1. The fourth-order valence-corrected chi connectivity index (χ4v) is 3.93. The van der Waals surface area contributed by atoms with Gasteiger partial charge in [-0.2, -0.15) is 0 Å². The van der Waals surface area contributed by atoms with Gasteiger partial charge in [-0.3, -0.25) is 0 Å². The van der Waals surface area contributed by atoms with Gasteiger partial charge in [0.15, 0.2) is 5.65 Å². The number of aromatic nitrogens is 4. The summed E-state index contributed by atoms with van der Waals surface area (Å²) in [5, 5.41) is 10.5. The number of aryl methyl sites for hydroxylation is 1. The van der Waals surface area contributed by atoms with Gasteiger partial charge in [-0.15, -0.1) is 10.2 Å². The van der Waals surface area contributed by atoms with Crippen LogP contribution >= 0.6 is 11.8 Å². The maximum absolute atomic E-state index is 5.65. The van der Waals surface area contributed by atoms with Crippen LogP contribution in [-0.2, 0) is 11.8 Å². The van der Waals surface area contributed by atoms with E-state index < -0.39 is 0 Å². The number of hydrogen-bond donors (Lipinski definition) is 0. The van der Waals surface area contributed by atoms with E-state index >= 15 is 0 Å². The van der Waals surface area contributed by atoms with Crippen molar-refractivity contribution in [3.63, 3.8) is 0 Å². The highest BCUT2D eigenvalue weighted by Crippen LogP contribution is 2.30. The number of fused-ring (bicyclic) bond motifs is 3. The first-order chi connectivity index (χ1) is 11.8. The first-order valence-electron chi connectivity index (χ1n) is 8.26. The summed E-state index contributed by atoms with van der Waals surface area (Å²) in [4.78, 5) is 4.70. The Morgan fingerprint density at radius 3 is 3.08 bits per heavy atom. The lowest BCUT2D eigenvalue weighted by atomic mass is 10.2. The molecule has 6 nitrogen and oxygen atoms in total. The predicted octanol–water partition coefficient (Wildman–Crippen LogP) is 3.19. The Morgan fingerprint density at radius 2 is 2.29 bits per heavy atom. The Morgan fingerprint density at radius 1 is 1.38 bits per heavy atom. The summed E-state index contributed by atoms with van der Waals surface area (Å²) < 4.78 is 13.3. The van der Waals surface area contributed by atoms with Crippen LogP contribution in [0, 0.1) is 0 Å². The van der Waals surface area contributed by atoms with E-state index in [1.54, 1.807) is 11.8 Å². The van der Waals surface area contributed by atoms with Crippen LogP contribution in [0.25, 0.3) is 22.1 Å². The zero-order valence-electron chi connectivity index (χ0n) is 13.9. The number of rotatable bonds is 5. The Hall–Kier alpha value is -1.86. The SMILES string of the molecule is CCOc1ccc2c(c1)c1nnc(SC[C@H]3CCCO3)nc1n2C. The highest BCUT2D eigenvalue weighted by atomic mass is 32.2. The molecule has 2 aromatic heterocycles. The largest absolute Gasteiger partial charge is 0.494 e. The Labute approximate surface area is 144 Å². The molecule has 3 aromatic rings. The summed E-state index contributed by atoms with van der Waals surface area (Å²) in [6.07, 6.45) is 2.58. The van der Waals surface area contributed by atoms with Gasteiger partial charge in [0.1, 0.15) is 11.3 Å². The molecule has 7 heteroatoms.